The largest absolute Gasteiger partial charge is 0.107 e. The van der Waals surface area contributed by atoms with Gasteiger partial charge >= 0.3 is 0 Å². The molecular weight excluding hydrogens is 178 g/mol. The highest BCUT2D eigenvalue weighted by atomic mass is 35.5. The molecule has 0 amide bonds. The van der Waals surface area contributed by atoms with Crippen LogP contribution in [0.2, 0.25) is 6.32 Å². The van der Waals surface area contributed by atoms with Gasteiger partial charge in [-0.1, -0.05) is 38.4 Å². The third-order valence-corrected chi connectivity index (χ3v) is 2.06. The van der Waals surface area contributed by atoms with Gasteiger partial charge < -0.3 is 0 Å². The molecule has 0 rings (SSSR count). The summed E-state index contributed by atoms with van der Waals surface area (Å²) < 4.78 is 0. The lowest BCUT2D eigenvalue weighted by Crippen LogP contribution is -1.86. The van der Waals surface area contributed by atoms with Crippen LogP contribution in [0.1, 0.15) is 38.5 Å². The first-order valence-electron chi connectivity index (χ1n) is 4.25. The van der Waals surface area contributed by atoms with E-state index in [9.17, 15) is 0 Å². The molecule has 11 heavy (non-hydrogen) atoms. The maximum atomic E-state index is 5.56. The lowest BCUT2D eigenvalue weighted by molar-refractivity contribution is 0.620. The van der Waals surface area contributed by atoms with Crippen molar-refractivity contribution in [2.45, 2.75) is 49.7 Å². The lowest BCUT2D eigenvalue weighted by Gasteiger charge is -2.00. The van der Waals surface area contributed by atoms with Crippen LogP contribution in [0.4, 0.5) is 0 Å². The van der Waals surface area contributed by atoms with Crippen molar-refractivity contribution in [3.05, 3.63) is 0 Å². The molecule has 0 heterocycles. The molecule has 0 spiro atoms. The standard InChI is InChI=1S/C8H15BCl2/c9-7-5-3-1-2-4-6-8(10)11/h8H,1-7H2. The lowest BCUT2D eigenvalue weighted by atomic mass is 9.98. The highest BCUT2D eigenvalue weighted by Gasteiger charge is 1.97. The molecule has 0 fully saturated rings. The fraction of sp³-hybridized carbons (Fsp3) is 1.00. The summed E-state index contributed by atoms with van der Waals surface area (Å²) in [6.07, 6.45) is 7.76. The van der Waals surface area contributed by atoms with Gasteiger partial charge in [0.15, 0.2) is 0 Å². The second-order valence-corrected chi connectivity index (χ2v) is 4.01. The van der Waals surface area contributed by atoms with Crippen LogP contribution < -0.4 is 0 Å². The van der Waals surface area contributed by atoms with E-state index < -0.39 is 0 Å². The molecule has 0 unspecified atom stereocenters. The third kappa shape index (κ3) is 10.6. The minimum absolute atomic E-state index is 0.176. The summed E-state index contributed by atoms with van der Waals surface area (Å²) in [7, 11) is 5.35. The fourth-order valence-corrected chi connectivity index (χ4v) is 1.28. The molecule has 0 atom stereocenters. The summed E-state index contributed by atoms with van der Waals surface area (Å²) in [5, 5.41) is 0. The second kappa shape index (κ2) is 8.74. The van der Waals surface area contributed by atoms with Crippen LogP contribution >= 0.6 is 23.2 Å². The Labute approximate surface area is 81.1 Å². The summed E-state index contributed by atoms with van der Waals surface area (Å²) in [6, 6.07) is 0. The molecule has 3 heteroatoms. The second-order valence-electron chi connectivity index (χ2n) is 2.74. The first-order chi connectivity index (χ1) is 5.27. The van der Waals surface area contributed by atoms with Gasteiger partial charge in [0, 0.05) is 0 Å². The smallest absolute Gasteiger partial charge is 0.105 e. The van der Waals surface area contributed by atoms with E-state index in [-0.39, 0.29) is 4.84 Å². The van der Waals surface area contributed by atoms with E-state index in [2.05, 4.69) is 0 Å². The predicted octanol–water partition coefficient (Wildman–Crippen LogP) is 3.72. The first kappa shape index (κ1) is 11.6. The Morgan fingerprint density at radius 2 is 1.45 bits per heavy atom. The van der Waals surface area contributed by atoms with Crippen molar-refractivity contribution in [2.24, 2.45) is 0 Å². The number of hydrogen-bond donors (Lipinski definition) is 0. The average molecular weight is 193 g/mol. The number of unbranched alkanes of at least 4 members (excludes halogenated alkanes) is 4. The Bertz CT molecular complexity index is 76.5. The molecule has 0 aliphatic carbocycles. The number of halogens is 2. The van der Waals surface area contributed by atoms with Crippen LogP contribution in [0.5, 0.6) is 0 Å². The third-order valence-electron chi connectivity index (χ3n) is 1.63. The highest BCUT2D eigenvalue weighted by molar-refractivity contribution is 6.44. The Morgan fingerprint density at radius 3 is 2.00 bits per heavy atom. The van der Waals surface area contributed by atoms with Crippen molar-refractivity contribution in [2.75, 3.05) is 0 Å². The van der Waals surface area contributed by atoms with Gasteiger partial charge in [-0.2, -0.15) is 0 Å². The summed E-state index contributed by atoms with van der Waals surface area (Å²) in [6.45, 7) is 0. The van der Waals surface area contributed by atoms with Gasteiger partial charge in [0.1, 0.15) is 4.84 Å². The van der Waals surface area contributed by atoms with E-state index in [1.54, 1.807) is 0 Å². The molecule has 0 aliphatic rings. The van der Waals surface area contributed by atoms with E-state index in [0.717, 1.165) is 25.6 Å². The zero-order valence-corrected chi connectivity index (χ0v) is 8.37. The molecule has 0 N–H and O–H groups in total. The predicted molar refractivity (Wildman–Crippen MR) is 53.8 cm³/mol. The van der Waals surface area contributed by atoms with Crippen LogP contribution in [-0.4, -0.2) is 12.7 Å². The molecule has 0 saturated heterocycles. The van der Waals surface area contributed by atoms with Gasteiger partial charge in [0.2, 0.25) is 0 Å². The highest BCUT2D eigenvalue weighted by Crippen LogP contribution is 2.13. The fourth-order valence-electron chi connectivity index (χ4n) is 0.973. The van der Waals surface area contributed by atoms with E-state index in [0.29, 0.717) is 0 Å². The molecule has 0 aliphatic heterocycles. The number of alkyl halides is 2. The number of rotatable bonds is 7. The Hall–Kier alpha value is 0.645. The van der Waals surface area contributed by atoms with Crippen LogP contribution in [-0.2, 0) is 0 Å². The van der Waals surface area contributed by atoms with Crippen molar-refractivity contribution in [1.82, 2.24) is 0 Å². The van der Waals surface area contributed by atoms with Crippen LogP contribution in [0.15, 0.2) is 0 Å². The van der Waals surface area contributed by atoms with Crippen molar-refractivity contribution in [3.8, 4) is 0 Å². The molecular formula is C8H15BCl2. The summed E-state index contributed by atoms with van der Waals surface area (Å²) in [5.74, 6) is 0. The van der Waals surface area contributed by atoms with E-state index in [4.69, 9.17) is 31.0 Å². The van der Waals surface area contributed by atoms with E-state index in [1.807, 2.05) is 0 Å². The minimum atomic E-state index is -0.176. The first-order valence-corrected chi connectivity index (χ1v) is 5.13. The van der Waals surface area contributed by atoms with Gasteiger partial charge in [-0.3, -0.25) is 0 Å². The van der Waals surface area contributed by atoms with E-state index >= 15 is 0 Å². The van der Waals surface area contributed by atoms with Crippen LogP contribution in [0.3, 0.4) is 0 Å². The van der Waals surface area contributed by atoms with Crippen molar-refractivity contribution < 1.29 is 0 Å². The minimum Gasteiger partial charge on any atom is -0.105 e. The van der Waals surface area contributed by atoms with E-state index in [1.165, 1.54) is 19.3 Å². The van der Waals surface area contributed by atoms with Gasteiger partial charge in [-0.25, -0.2) is 0 Å². The zero-order chi connectivity index (χ0) is 8.53. The molecule has 64 valence electrons. The quantitative estimate of drug-likeness (QED) is 0.328. The van der Waals surface area contributed by atoms with Crippen LogP contribution in [0, 0.1) is 0 Å². The maximum absolute atomic E-state index is 5.56. The van der Waals surface area contributed by atoms with Crippen molar-refractivity contribution in [1.29, 1.82) is 0 Å². The van der Waals surface area contributed by atoms with Crippen molar-refractivity contribution in [3.63, 3.8) is 0 Å². The monoisotopic (exact) mass is 192 g/mol. The zero-order valence-electron chi connectivity index (χ0n) is 6.86. The number of hydrogen-bond acceptors (Lipinski definition) is 0. The van der Waals surface area contributed by atoms with Gasteiger partial charge in [-0.05, 0) is 6.42 Å². The molecule has 0 aromatic heterocycles. The summed E-state index contributed by atoms with van der Waals surface area (Å²) >= 11 is 11.1. The van der Waals surface area contributed by atoms with Gasteiger partial charge in [-0.15, -0.1) is 23.2 Å². The molecule has 0 aromatic rings. The van der Waals surface area contributed by atoms with Gasteiger partial charge in [0.05, 0.1) is 7.85 Å². The Balaban J connectivity index is 2.80. The molecule has 0 saturated carbocycles. The van der Waals surface area contributed by atoms with Gasteiger partial charge in [0.25, 0.3) is 0 Å². The summed E-state index contributed by atoms with van der Waals surface area (Å²) in [5.41, 5.74) is 0. The molecule has 2 radical (unpaired) electrons. The molecule has 0 aromatic carbocycles. The SMILES string of the molecule is [B]CCCCCCCC(Cl)Cl. The maximum Gasteiger partial charge on any atom is 0.107 e. The Morgan fingerprint density at radius 1 is 0.909 bits per heavy atom. The molecule has 0 nitrogen and oxygen atoms in total. The topological polar surface area (TPSA) is 0 Å². The van der Waals surface area contributed by atoms with Crippen molar-refractivity contribution >= 4 is 31.0 Å². The van der Waals surface area contributed by atoms with Crippen LogP contribution in [0.25, 0.3) is 0 Å². The average Bonchev–Trinajstić information content (AvgIpc) is 1.96. The normalized spacial score (nSPS) is 10.8. The Kier molecular flexibility index (Phi) is 9.25. The summed E-state index contributed by atoms with van der Waals surface area (Å²) in [4.78, 5) is -0.176. The molecule has 0 bridgehead atoms.